The average Bonchev–Trinajstić information content (AvgIpc) is 2.62. The summed E-state index contributed by atoms with van der Waals surface area (Å²) in [6, 6.07) is 18.7. The van der Waals surface area contributed by atoms with Crippen LogP contribution in [-0.4, -0.2) is 15.9 Å². The third kappa shape index (κ3) is 4.55. The molecule has 6 heteroatoms. The quantitative estimate of drug-likeness (QED) is 0.725. The maximum absolute atomic E-state index is 12.4. The van der Waals surface area contributed by atoms with Crippen LogP contribution in [0.2, 0.25) is 5.02 Å². The fourth-order valence-electron chi connectivity index (χ4n) is 2.29. The second kappa shape index (κ2) is 7.77. The predicted molar refractivity (Wildman–Crippen MR) is 99.1 cm³/mol. The monoisotopic (exact) mass is 352 g/mol. The SMILES string of the molecule is Cc1cc(C(=O)NCc2ccccc2)nc(Nc2ccccc2Cl)n1. The Morgan fingerprint density at radius 2 is 1.76 bits per heavy atom. The molecule has 0 aliphatic carbocycles. The molecule has 0 saturated carbocycles. The van der Waals surface area contributed by atoms with E-state index >= 15 is 0 Å². The summed E-state index contributed by atoms with van der Waals surface area (Å²) >= 11 is 6.14. The Labute approximate surface area is 151 Å². The Morgan fingerprint density at radius 1 is 1.04 bits per heavy atom. The molecule has 0 bridgehead atoms. The largest absolute Gasteiger partial charge is 0.347 e. The first-order chi connectivity index (χ1) is 12.1. The van der Waals surface area contributed by atoms with Gasteiger partial charge in [-0.15, -0.1) is 0 Å². The van der Waals surface area contributed by atoms with E-state index in [4.69, 9.17) is 11.6 Å². The van der Waals surface area contributed by atoms with Crippen molar-refractivity contribution in [2.24, 2.45) is 0 Å². The number of carbonyl (C=O) groups is 1. The summed E-state index contributed by atoms with van der Waals surface area (Å²) in [4.78, 5) is 21.0. The van der Waals surface area contributed by atoms with Gasteiger partial charge in [-0.2, -0.15) is 0 Å². The number of anilines is 2. The Bertz CT molecular complexity index is 884. The van der Waals surface area contributed by atoms with E-state index in [9.17, 15) is 4.79 Å². The highest BCUT2D eigenvalue weighted by molar-refractivity contribution is 6.33. The number of nitrogens with zero attached hydrogens (tertiary/aromatic N) is 2. The number of benzene rings is 2. The fourth-order valence-corrected chi connectivity index (χ4v) is 2.48. The van der Waals surface area contributed by atoms with Crippen molar-refractivity contribution in [3.8, 4) is 0 Å². The molecule has 5 nitrogen and oxygen atoms in total. The van der Waals surface area contributed by atoms with Crippen LogP contribution in [0.3, 0.4) is 0 Å². The zero-order chi connectivity index (χ0) is 17.6. The summed E-state index contributed by atoms with van der Waals surface area (Å²) in [6.07, 6.45) is 0. The summed E-state index contributed by atoms with van der Waals surface area (Å²) in [5.41, 5.74) is 2.70. The summed E-state index contributed by atoms with van der Waals surface area (Å²) in [5.74, 6) is 0.0783. The second-order valence-electron chi connectivity index (χ2n) is 5.49. The average molecular weight is 353 g/mol. The van der Waals surface area contributed by atoms with Crippen LogP contribution in [0.15, 0.2) is 60.7 Å². The molecule has 25 heavy (non-hydrogen) atoms. The summed E-state index contributed by atoms with van der Waals surface area (Å²) in [5, 5.41) is 6.47. The number of nitrogens with one attached hydrogen (secondary N) is 2. The number of para-hydroxylation sites is 1. The molecule has 1 heterocycles. The predicted octanol–water partition coefficient (Wildman–Crippen LogP) is 4.11. The minimum Gasteiger partial charge on any atom is -0.347 e. The molecule has 0 aliphatic rings. The van der Waals surface area contributed by atoms with Crippen LogP contribution in [0.5, 0.6) is 0 Å². The molecule has 126 valence electrons. The molecule has 1 amide bonds. The Kier molecular flexibility index (Phi) is 5.26. The van der Waals surface area contributed by atoms with Crippen molar-refractivity contribution in [3.63, 3.8) is 0 Å². The standard InChI is InChI=1S/C19H17ClN4O/c1-13-11-17(18(25)21-12-14-7-3-2-4-8-14)24-19(22-13)23-16-10-6-5-9-15(16)20/h2-11H,12H2,1H3,(H,21,25)(H,22,23,24). The highest BCUT2D eigenvalue weighted by atomic mass is 35.5. The van der Waals surface area contributed by atoms with E-state index in [-0.39, 0.29) is 5.91 Å². The number of aromatic nitrogens is 2. The fraction of sp³-hybridized carbons (Fsp3) is 0.105. The molecule has 0 fully saturated rings. The van der Waals surface area contributed by atoms with Crippen molar-refractivity contribution >= 4 is 29.1 Å². The normalized spacial score (nSPS) is 10.3. The minimum atomic E-state index is -0.253. The molecule has 0 atom stereocenters. The first-order valence-electron chi connectivity index (χ1n) is 7.81. The van der Waals surface area contributed by atoms with Crippen molar-refractivity contribution in [1.82, 2.24) is 15.3 Å². The van der Waals surface area contributed by atoms with E-state index in [1.807, 2.05) is 55.5 Å². The van der Waals surface area contributed by atoms with Crippen molar-refractivity contribution in [1.29, 1.82) is 0 Å². The van der Waals surface area contributed by atoms with Crippen LogP contribution < -0.4 is 10.6 Å². The van der Waals surface area contributed by atoms with E-state index in [0.717, 1.165) is 5.56 Å². The van der Waals surface area contributed by atoms with E-state index in [1.54, 1.807) is 12.1 Å². The summed E-state index contributed by atoms with van der Waals surface area (Å²) in [6.45, 7) is 2.25. The van der Waals surface area contributed by atoms with E-state index in [0.29, 0.717) is 34.6 Å². The maximum Gasteiger partial charge on any atom is 0.270 e. The van der Waals surface area contributed by atoms with E-state index in [2.05, 4.69) is 20.6 Å². The van der Waals surface area contributed by atoms with Gasteiger partial charge in [-0.25, -0.2) is 9.97 Å². The Balaban J connectivity index is 1.74. The van der Waals surface area contributed by atoms with Gasteiger partial charge in [0, 0.05) is 12.2 Å². The maximum atomic E-state index is 12.4. The van der Waals surface area contributed by atoms with E-state index < -0.39 is 0 Å². The number of halogens is 1. The van der Waals surface area contributed by atoms with Gasteiger partial charge in [-0.1, -0.05) is 54.1 Å². The van der Waals surface area contributed by atoms with Gasteiger partial charge >= 0.3 is 0 Å². The molecule has 2 N–H and O–H groups in total. The number of amides is 1. The zero-order valence-corrected chi connectivity index (χ0v) is 14.4. The van der Waals surface area contributed by atoms with Crippen LogP contribution in [0.25, 0.3) is 0 Å². The van der Waals surface area contributed by atoms with Gasteiger partial charge in [0.2, 0.25) is 5.95 Å². The van der Waals surface area contributed by atoms with E-state index in [1.165, 1.54) is 0 Å². The summed E-state index contributed by atoms with van der Waals surface area (Å²) < 4.78 is 0. The number of rotatable bonds is 5. The molecule has 0 saturated heterocycles. The van der Waals surface area contributed by atoms with Crippen LogP contribution >= 0.6 is 11.6 Å². The lowest BCUT2D eigenvalue weighted by atomic mass is 10.2. The first kappa shape index (κ1) is 16.9. The van der Waals surface area contributed by atoms with Gasteiger partial charge in [0.1, 0.15) is 5.69 Å². The molecule has 0 aliphatic heterocycles. The number of carbonyl (C=O) groups excluding carboxylic acids is 1. The molecular formula is C19H17ClN4O. The molecule has 0 spiro atoms. The zero-order valence-electron chi connectivity index (χ0n) is 13.7. The molecule has 2 aromatic carbocycles. The summed E-state index contributed by atoms with van der Waals surface area (Å²) in [7, 11) is 0. The van der Waals surface area contributed by atoms with Crippen LogP contribution in [-0.2, 0) is 6.54 Å². The lowest BCUT2D eigenvalue weighted by Gasteiger charge is -2.10. The number of hydrogen-bond acceptors (Lipinski definition) is 4. The third-order valence-corrected chi connectivity index (χ3v) is 3.83. The number of aryl methyl sites for hydroxylation is 1. The highest BCUT2D eigenvalue weighted by Crippen LogP contribution is 2.23. The lowest BCUT2D eigenvalue weighted by molar-refractivity contribution is 0.0945. The molecule has 0 radical (unpaired) electrons. The molecule has 3 rings (SSSR count). The van der Waals surface area contributed by atoms with Crippen molar-refractivity contribution in [2.45, 2.75) is 13.5 Å². The molecular weight excluding hydrogens is 336 g/mol. The lowest BCUT2D eigenvalue weighted by Crippen LogP contribution is -2.24. The van der Waals surface area contributed by atoms with Crippen molar-refractivity contribution in [2.75, 3.05) is 5.32 Å². The first-order valence-corrected chi connectivity index (χ1v) is 8.19. The molecule has 3 aromatic rings. The molecule has 0 unspecified atom stereocenters. The molecule has 1 aromatic heterocycles. The van der Waals surface area contributed by atoms with Crippen molar-refractivity contribution in [3.05, 3.63) is 82.6 Å². The van der Waals surface area contributed by atoms with Crippen LogP contribution in [0.1, 0.15) is 21.7 Å². The minimum absolute atomic E-state index is 0.253. The Morgan fingerprint density at radius 3 is 2.52 bits per heavy atom. The van der Waals surface area contributed by atoms with Crippen molar-refractivity contribution < 1.29 is 4.79 Å². The smallest absolute Gasteiger partial charge is 0.270 e. The van der Waals surface area contributed by atoms with Gasteiger partial charge < -0.3 is 10.6 Å². The number of hydrogen-bond donors (Lipinski definition) is 2. The topological polar surface area (TPSA) is 66.9 Å². The van der Waals surface area contributed by atoms with Gasteiger partial charge in [-0.05, 0) is 30.7 Å². The van der Waals surface area contributed by atoms with Gasteiger partial charge in [0.25, 0.3) is 5.91 Å². The van der Waals surface area contributed by atoms with Crippen LogP contribution in [0.4, 0.5) is 11.6 Å². The van der Waals surface area contributed by atoms with Crippen LogP contribution in [0, 0.1) is 6.92 Å². The third-order valence-electron chi connectivity index (χ3n) is 3.50. The van der Waals surface area contributed by atoms with Gasteiger partial charge in [0.05, 0.1) is 10.7 Å². The highest BCUT2D eigenvalue weighted by Gasteiger charge is 2.11. The second-order valence-corrected chi connectivity index (χ2v) is 5.90. The Hall–Kier alpha value is -2.92. The van der Waals surface area contributed by atoms with Gasteiger partial charge in [-0.3, -0.25) is 4.79 Å². The van der Waals surface area contributed by atoms with Gasteiger partial charge in [0.15, 0.2) is 0 Å².